The van der Waals surface area contributed by atoms with Gasteiger partial charge >= 0.3 is 0 Å². The van der Waals surface area contributed by atoms with E-state index in [9.17, 15) is 4.79 Å². The van der Waals surface area contributed by atoms with Gasteiger partial charge in [0, 0.05) is 25.1 Å². The van der Waals surface area contributed by atoms with E-state index in [-0.39, 0.29) is 0 Å². The highest BCUT2D eigenvalue weighted by atomic mass is 16.1. The molecule has 2 nitrogen and oxygen atoms in total. The van der Waals surface area contributed by atoms with Gasteiger partial charge in [0.15, 0.2) is 0 Å². The van der Waals surface area contributed by atoms with Crippen LogP contribution >= 0.6 is 0 Å². The molecule has 84 valence electrons. The molecule has 16 heavy (non-hydrogen) atoms. The van der Waals surface area contributed by atoms with Crippen molar-refractivity contribution in [1.29, 1.82) is 0 Å². The zero-order valence-corrected chi connectivity index (χ0v) is 9.46. The minimum atomic E-state index is 0.444. The van der Waals surface area contributed by atoms with Crippen LogP contribution in [0.3, 0.4) is 0 Å². The standard InChI is InChI=1S/C14H17NO/c16-13-4-1-10(2-5-13)11-3-6-14-12(9-11)7-8-15-14/h3,6,9-10,15H,1-2,4-5,7-8H2. The summed E-state index contributed by atoms with van der Waals surface area (Å²) in [5.41, 5.74) is 4.19. The second-order valence-corrected chi connectivity index (χ2v) is 4.91. The van der Waals surface area contributed by atoms with Gasteiger partial charge in [0.05, 0.1) is 0 Å². The molecule has 1 fully saturated rings. The van der Waals surface area contributed by atoms with Crippen LogP contribution in [0, 0.1) is 0 Å². The molecule has 1 heterocycles. The van der Waals surface area contributed by atoms with Gasteiger partial charge < -0.3 is 5.32 Å². The van der Waals surface area contributed by atoms with Crippen molar-refractivity contribution in [2.75, 3.05) is 11.9 Å². The highest BCUT2D eigenvalue weighted by Crippen LogP contribution is 2.34. The van der Waals surface area contributed by atoms with Crippen molar-refractivity contribution in [3.63, 3.8) is 0 Å². The fraction of sp³-hybridized carbons (Fsp3) is 0.500. The van der Waals surface area contributed by atoms with E-state index in [0.717, 1.165) is 38.6 Å². The third-order valence-electron chi connectivity index (χ3n) is 3.85. The average molecular weight is 215 g/mol. The molecule has 1 aromatic carbocycles. The van der Waals surface area contributed by atoms with Gasteiger partial charge in [0.2, 0.25) is 0 Å². The van der Waals surface area contributed by atoms with Crippen LogP contribution in [0.15, 0.2) is 18.2 Å². The van der Waals surface area contributed by atoms with Gasteiger partial charge in [-0.1, -0.05) is 12.1 Å². The van der Waals surface area contributed by atoms with Gasteiger partial charge in [-0.2, -0.15) is 0 Å². The first-order chi connectivity index (χ1) is 7.83. The number of anilines is 1. The Balaban J connectivity index is 1.82. The fourth-order valence-electron chi connectivity index (χ4n) is 2.85. The monoisotopic (exact) mass is 215 g/mol. The minimum absolute atomic E-state index is 0.444. The van der Waals surface area contributed by atoms with Gasteiger partial charge in [-0.05, 0) is 42.4 Å². The van der Waals surface area contributed by atoms with Crippen LogP contribution < -0.4 is 5.32 Å². The van der Waals surface area contributed by atoms with E-state index in [0.29, 0.717) is 11.7 Å². The topological polar surface area (TPSA) is 29.1 Å². The molecular formula is C14H17NO. The molecule has 1 saturated carbocycles. The van der Waals surface area contributed by atoms with E-state index in [1.807, 2.05) is 0 Å². The Labute approximate surface area is 96.1 Å². The molecule has 1 aliphatic heterocycles. The summed E-state index contributed by atoms with van der Waals surface area (Å²) in [7, 11) is 0. The minimum Gasteiger partial charge on any atom is -0.384 e. The van der Waals surface area contributed by atoms with Crippen molar-refractivity contribution in [2.45, 2.75) is 38.0 Å². The molecule has 1 aromatic rings. The number of fused-ring (bicyclic) bond motifs is 1. The van der Waals surface area contributed by atoms with Gasteiger partial charge in [-0.15, -0.1) is 0 Å². The van der Waals surface area contributed by atoms with E-state index < -0.39 is 0 Å². The van der Waals surface area contributed by atoms with Crippen molar-refractivity contribution in [3.8, 4) is 0 Å². The Morgan fingerprint density at radius 2 is 1.94 bits per heavy atom. The van der Waals surface area contributed by atoms with Crippen molar-refractivity contribution in [2.24, 2.45) is 0 Å². The van der Waals surface area contributed by atoms with E-state index >= 15 is 0 Å². The lowest BCUT2D eigenvalue weighted by molar-refractivity contribution is -0.120. The molecule has 2 heteroatoms. The Morgan fingerprint density at radius 1 is 1.12 bits per heavy atom. The highest BCUT2D eigenvalue weighted by molar-refractivity contribution is 5.79. The summed E-state index contributed by atoms with van der Waals surface area (Å²) in [4.78, 5) is 11.2. The predicted molar refractivity (Wildman–Crippen MR) is 64.9 cm³/mol. The summed E-state index contributed by atoms with van der Waals surface area (Å²) in [5.74, 6) is 1.06. The lowest BCUT2D eigenvalue weighted by Crippen LogP contribution is -2.12. The van der Waals surface area contributed by atoms with E-state index in [1.165, 1.54) is 16.8 Å². The molecule has 0 amide bonds. The molecule has 3 rings (SSSR count). The summed E-state index contributed by atoms with van der Waals surface area (Å²) in [6.07, 6.45) is 4.80. The van der Waals surface area contributed by atoms with Crippen LogP contribution in [0.5, 0.6) is 0 Å². The SMILES string of the molecule is O=C1CCC(c2ccc3c(c2)CCN3)CC1. The largest absolute Gasteiger partial charge is 0.384 e. The van der Waals surface area contributed by atoms with Gasteiger partial charge in [-0.3, -0.25) is 4.79 Å². The molecule has 2 aliphatic rings. The van der Waals surface area contributed by atoms with Crippen LogP contribution in [0.4, 0.5) is 5.69 Å². The van der Waals surface area contributed by atoms with Crippen LogP contribution in [0.1, 0.15) is 42.7 Å². The maximum absolute atomic E-state index is 11.2. The third-order valence-corrected chi connectivity index (χ3v) is 3.85. The Morgan fingerprint density at radius 3 is 2.75 bits per heavy atom. The van der Waals surface area contributed by atoms with E-state index in [4.69, 9.17) is 0 Å². The smallest absolute Gasteiger partial charge is 0.132 e. The third kappa shape index (κ3) is 1.73. The molecule has 0 aromatic heterocycles. The van der Waals surface area contributed by atoms with Crippen LogP contribution in [0.25, 0.3) is 0 Å². The molecule has 0 saturated heterocycles. The molecule has 0 atom stereocenters. The molecule has 1 aliphatic carbocycles. The number of hydrogen-bond donors (Lipinski definition) is 1. The van der Waals surface area contributed by atoms with E-state index in [2.05, 4.69) is 23.5 Å². The van der Waals surface area contributed by atoms with Crippen LogP contribution in [0.2, 0.25) is 0 Å². The first-order valence-electron chi connectivity index (χ1n) is 6.21. The number of carbonyl (C=O) groups excluding carboxylic acids is 1. The number of nitrogens with one attached hydrogen (secondary N) is 1. The molecular weight excluding hydrogens is 198 g/mol. The number of benzene rings is 1. The molecule has 0 bridgehead atoms. The lowest BCUT2D eigenvalue weighted by Gasteiger charge is -2.21. The van der Waals surface area contributed by atoms with Crippen molar-refractivity contribution in [1.82, 2.24) is 0 Å². The van der Waals surface area contributed by atoms with Gasteiger partial charge in [0.1, 0.15) is 5.78 Å². The molecule has 0 radical (unpaired) electrons. The zero-order chi connectivity index (χ0) is 11.0. The molecule has 1 N–H and O–H groups in total. The van der Waals surface area contributed by atoms with Crippen molar-refractivity contribution < 1.29 is 4.79 Å². The first-order valence-corrected chi connectivity index (χ1v) is 6.21. The fourth-order valence-corrected chi connectivity index (χ4v) is 2.85. The Bertz CT molecular complexity index is 415. The number of Topliss-reactive ketones (excluding diaryl/α,β-unsaturated/α-hetero) is 1. The zero-order valence-electron chi connectivity index (χ0n) is 9.46. The molecule has 0 unspecified atom stereocenters. The summed E-state index contributed by atoms with van der Waals surface area (Å²) < 4.78 is 0. The number of ketones is 1. The van der Waals surface area contributed by atoms with Crippen molar-refractivity contribution >= 4 is 11.5 Å². The Kier molecular flexibility index (Phi) is 2.43. The predicted octanol–water partition coefficient (Wildman–Crippen LogP) is 2.88. The average Bonchev–Trinajstić information content (AvgIpc) is 2.77. The van der Waals surface area contributed by atoms with Crippen LogP contribution in [-0.2, 0) is 11.2 Å². The normalized spacial score (nSPS) is 20.6. The number of hydrogen-bond acceptors (Lipinski definition) is 2. The quantitative estimate of drug-likeness (QED) is 0.780. The van der Waals surface area contributed by atoms with Gasteiger partial charge in [-0.25, -0.2) is 0 Å². The summed E-state index contributed by atoms with van der Waals surface area (Å²) in [6, 6.07) is 6.78. The maximum atomic E-state index is 11.2. The molecule has 0 spiro atoms. The second-order valence-electron chi connectivity index (χ2n) is 4.91. The summed E-state index contributed by atoms with van der Waals surface area (Å²) in [5, 5.41) is 3.38. The highest BCUT2D eigenvalue weighted by Gasteiger charge is 2.21. The van der Waals surface area contributed by atoms with Crippen molar-refractivity contribution in [3.05, 3.63) is 29.3 Å². The summed E-state index contributed by atoms with van der Waals surface area (Å²) >= 11 is 0. The lowest BCUT2D eigenvalue weighted by atomic mass is 9.83. The maximum Gasteiger partial charge on any atom is 0.132 e. The van der Waals surface area contributed by atoms with E-state index in [1.54, 1.807) is 0 Å². The second kappa shape index (κ2) is 3.93. The first kappa shape index (κ1) is 9.88. The number of carbonyl (C=O) groups is 1. The summed E-state index contributed by atoms with van der Waals surface area (Å²) in [6.45, 7) is 1.07. The van der Waals surface area contributed by atoms with Crippen LogP contribution in [-0.4, -0.2) is 12.3 Å². The number of rotatable bonds is 1. The Hall–Kier alpha value is -1.31. The van der Waals surface area contributed by atoms with Gasteiger partial charge in [0.25, 0.3) is 0 Å².